The van der Waals surface area contributed by atoms with Gasteiger partial charge in [-0.1, -0.05) is 20.8 Å². The lowest BCUT2D eigenvalue weighted by Crippen LogP contribution is -2.38. The van der Waals surface area contributed by atoms with Gasteiger partial charge in [-0.2, -0.15) is 0 Å². The third kappa shape index (κ3) is 3.97. The molecule has 0 radical (unpaired) electrons. The van der Waals surface area contributed by atoms with Crippen molar-refractivity contribution in [3.05, 3.63) is 32.6 Å². The minimum absolute atomic E-state index is 0.0559. The van der Waals surface area contributed by atoms with Crippen LogP contribution in [0, 0.1) is 9.25 Å². The van der Waals surface area contributed by atoms with E-state index in [1.807, 2.05) is 18.1 Å². The Balaban J connectivity index is 1.95. The number of hydrazine groups is 1. The Morgan fingerprint density at radius 2 is 2.20 bits per heavy atom. The Bertz CT molecular complexity index is 712. The largest absolute Gasteiger partial charge is 0.461 e. The molecule has 1 unspecified atom stereocenters. The minimum atomic E-state index is -0.242. The number of esters is 1. The van der Waals surface area contributed by atoms with Crippen LogP contribution in [0.25, 0.3) is 0 Å². The van der Waals surface area contributed by atoms with E-state index in [0.717, 1.165) is 46.5 Å². The first-order valence-corrected chi connectivity index (χ1v) is 9.83. The van der Waals surface area contributed by atoms with Gasteiger partial charge in [-0.25, -0.2) is 20.2 Å². The molecule has 0 aromatic carbocycles. The highest BCUT2D eigenvalue weighted by atomic mass is 127. The van der Waals surface area contributed by atoms with Crippen molar-refractivity contribution in [2.24, 2.45) is 5.41 Å². The molecule has 1 aliphatic carbocycles. The van der Waals surface area contributed by atoms with Crippen LogP contribution in [0.2, 0.25) is 0 Å². The predicted octanol–water partition coefficient (Wildman–Crippen LogP) is 3.14. The maximum absolute atomic E-state index is 12.6. The Hall–Kier alpha value is -1.22. The normalized spacial score (nSPS) is 19.7. The number of rotatable bonds is 4. The molecule has 2 aliphatic rings. The summed E-state index contributed by atoms with van der Waals surface area (Å²) in [5, 5.41) is 1.98. The molecule has 3 rings (SSSR count). The molecule has 6 nitrogen and oxygen atoms in total. The van der Waals surface area contributed by atoms with Gasteiger partial charge >= 0.3 is 5.97 Å². The summed E-state index contributed by atoms with van der Waals surface area (Å²) in [7, 11) is 0. The lowest BCUT2D eigenvalue weighted by molar-refractivity contribution is -0.140. The number of carbonyl (C=O) groups is 1. The smallest absolute Gasteiger partial charge is 0.356 e. The molecule has 0 saturated heterocycles. The van der Waals surface area contributed by atoms with Crippen LogP contribution in [0.5, 0.6) is 0 Å². The van der Waals surface area contributed by atoms with Crippen molar-refractivity contribution >= 4 is 28.6 Å². The average molecular weight is 456 g/mol. The molecule has 0 fully saturated rings. The van der Waals surface area contributed by atoms with E-state index in [-0.39, 0.29) is 17.4 Å². The first-order valence-electron chi connectivity index (χ1n) is 8.75. The number of aryl methyl sites for hydroxylation is 1. The van der Waals surface area contributed by atoms with Crippen molar-refractivity contribution in [1.29, 1.82) is 0 Å². The van der Waals surface area contributed by atoms with Gasteiger partial charge < -0.3 is 9.75 Å². The Kier molecular flexibility index (Phi) is 5.34. The van der Waals surface area contributed by atoms with E-state index in [2.05, 4.69) is 58.8 Å². The molecule has 1 aliphatic heterocycles. The summed E-state index contributed by atoms with van der Waals surface area (Å²) < 4.78 is 6.06. The summed E-state index contributed by atoms with van der Waals surface area (Å²) in [5.74, 6) is -0.242. The molecule has 7 heteroatoms. The van der Waals surface area contributed by atoms with E-state index in [9.17, 15) is 4.79 Å². The highest BCUT2D eigenvalue weighted by molar-refractivity contribution is 14.1. The summed E-state index contributed by atoms with van der Waals surface area (Å²) >= 11 is 2.13. The van der Waals surface area contributed by atoms with E-state index in [0.29, 0.717) is 12.3 Å². The van der Waals surface area contributed by atoms with Crippen LogP contribution in [-0.2, 0) is 16.0 Å². The van der Waals surface area contributed by atoms with Crippen molar-refractivity contribution < 1.29 is 9.53 Å². The molecular formula is C18H25IN4O2. The van der Waals surface area contributed by atoms with Crippen LogP contribution in [0.3, 0.4) is 0 Å². The zero-order chi connectivity index (χ0) is 18.2. The topological polar surface area (TPSA) is 67.3 Å². The van der Waals surface area contributed by atoms with E-state index in [1.54, 1.807) is 0 Å². The zero-order valence-electron chi connectivity index (χ0n) is 15.2. The van der Waals surface area contributed by atoms with Crippen LogP contribution in [0.4, 0.5) is 0 Å². The van der Waals surface area contributed by atoms with Crippen molar-refractivity contribution in [2.75, 3.05) is 13.2 Å². The van der Waals surface area contributed by atoms with Crippen molar-refractivity contribution in [1.82, 2.24) is 20.4 Å². The molecule has 1 atom stereocenters. The Morgan fingerprint density at radius 3 is 2.88 bits per heavy atom. The second kappa shape index (κ2) is 7.19. The molecule has 1 aromatic rings. The fourth-order valence-electron chi connectivity index (χ4n) is 3.27. The summed E-state index contributed by atoms with van der Waals surface area (Å²) in [6.07, 6.45) is 4.56. The maximum Gasteiger partial charge on any atom is 0.356 e. The molecule has 0 saturated carbocycles. The number of halogens is 1. The van der Waals surface area contributed by atoms with Crippen LogP contribution >= 0.6 is 22.6 Å². The van der Waals surface area contributed by atoms with Gasteiger partial charge in [-0.3, -0.25) is 0 Å². The SMILES string of the molecule is CCOC(=O)C1=C2CCc3cnc(I)nc3C2NN1CCC(C)(C)C. The molecule has 25 heavy (non-hydrogen) atoms. The number of ether oxygens (including phenoxy) is 1. The molecule has 136 valence electrons. The Labute approximate surface area is 162 Å². The number of hydrogen-bond donors (Lipinski definition) is 1. The van der Waals surface area contributed by atoms with Gasteiger partial charge in [-0.15, -0.1) is 0 Å². The van der Waals surface area contributed by atoms with E-state index >= 15 is 0 Å². The molecule has 0 bridgehead atoms. The van der Waals surface area contributed by atoms with Gasteiger partial charge in [0.2, 0.25) is 0 Å². The average Bonchev–Trinajstić information content (AvgIpc) is 2.91. The molecule has 0 spiro atoms. The van der Waals surface area contributed by atoms with E-state index in [4.69, 9.17) is 4.74 Å². The number of carbonyl (C=O) groups excluding carboxylic acids is 1. The Morgan fingerprint density at radius 1 is 1.44 bits per heavy atom. The minimum Gasteiger partial charge on any atom is -0.461 e. The van der Waals surface area contributed by atoms with Crippen LogP contribution in [0.1, 0.15) is 57.8 Å². The summed E-state index contributed by atoms with van der Waals surface area (Å²) in [6.45, 7) is 9.60. The van der Waals surface area contributed by atoms with Gasteiger partial charge in [-0.05, 0) is 42.7 Å². The number of hydrogen-bond acceptors (Lipinski definition) is 6. The number of nitrogens with zero attached hydrogens (tertiary/aromatic N) is 3. The van der Waals surface area contributed by atoms with E-state index in [1.165, 1.54) is 0 Å². The highest BCUT2D eigenvalue weighted by Crippen LogP contribution is 2.40. The summed E-state index contributed by atoms with van der Waals surface area (Å²) in [4.78, 5) is 21.6. The predicted molar refractivity (Wildman–Crippen MR) is 103 cm³/mol. The number of aromatic nitrogens is 2. The maximum atomic E-state index is 12.6. The number of fused-ring (bicyclic) bond motifs is 3. The van der Waals surface area contributed by atoms with Gasteiger partial charge in [0, 0.05) is 35.3 Å². The second-order valence-electron chi connectivity index (χ2n) is 7.67. The summed E-state index contributed by atoms with van der Waals surface area (Å²) in [5.41, 5.74) is 7.60. The lowest BCUT2D eigenvalue weighted by atomic mass is 9.88. The van der Waals surface area contributed by atoms with Crippen molar-refractivity contribution in [3.8, 4) is 0 Å². The third-order valence-electron chi connectivity index (χ3n) is 4.57. The quantitative estimate of drug-likeness (QED) is 0.427. The molecule has 0 amide bonds. The molecule has 1 N–H and O–H groups in total. The van der Waals surface area contributed by atoms with Gasteiger partial charge in [0.15, 0.2) is 3.83 Å². The molecular weight excluding hydrogens is 431 g/mol. The third-order valence-corrected chi connectivity index (χ3v) is 5.09. The van der Waals surface area contributed by atoms with Gasteiger partial charge in [0.25, 0.3) is 0 Å². The zero-order valence-corrected chi connectivity index (χ0v) is 17.4. The fraction of sp³-hybridized carbons (Fsp3) is 0.611. The number of nitrogens with one attached hydrogen (secondary N) is 1. The first kappa shape index (κ1) is 18.6. The van der Waals surface area contributed by atoms with Gasteiger partial charge in [0.05, 0.1) is 18.3 Å². The molecule has 2 heterocycles. The fourth-order valence-corrected chi connectivity index (χ4v) is 3.67. The van der Waals surface area contributed by atoms with E-state index < -0.39 is 0 Å². The van der Waals surface area contributed by atoms with Crippen LogP contribution < -0.4 is 5.43 Å². The monoisotopic (exact) mass is 456 g/mol. The van der Waals surface area contributed by atoms with Crippen molar-refractivity contribution in [3.63, 3.8) is 0 Å². The highest BCUT2D eigenvalue weighted by Gasteiger charge is 2.40. The van der Waals surface area contributed by atoms with Gasteiger partial charge in [0.1, 0.15) is 5.70 Å². The second-order valence-corrected chi connectivity index (χ2v) is 8.63. The standard InChI is InChI=1S/C18H25IN4O2/c1-5-25-16(24)15-12-7-6-11-10-20-17(19)21-13(11)14(12)22-23(15)9-8-18(2,3)4/h10,14,22H,5-9H2,1-4H3. The lowest BCUT2D eigenvalue weighted by Gasteiger charge is -2.27. The van der Waals surface area contributed by atoms with Crippen LogP contribution in [-0.4, -0.2) is 34.1 Å². The summed E-state index contributed by atoms with van der Waals surface area (Å²) in [6, 6.07) is -0.0559. The first-order chi connectivity index (χ1) is 11.8. The van der Waals surface area contributed by atoms with Crippen LogP contribution in [0.15, 0.2) is 17.5 Å². The molecule has 1 aromatic heterocycles. The van der Waals surface area contributed by atoms with Crippen molar-refractivity contribution in [2.45, 2.75) is 53.0 Å².